The molecule has 0 saturated heterocycles. The van der Waals surface area contributed by atoms with Crippen LogP contribution in [0.15, 0.2) is 57.5 Å². The van der Waals surface area contributed by atoms with Gasteiger partial charge in [0, 0.05) is 10.0 Å². The third-order valence-corrected chi connectivity index (χ3v) is 3.34. The molecule has 0 bridgehead atoms. The first kappa shape index (κ1) is 12.9. The van der Waals surface area contributed by atoms with Gasteiger partial charge in [0.2, 0.25) is 11.7 Å². The zero-order valence-corrected chi connectivity index (χ0v) is 12.0. The number of phenols is 1. The second-order valence-corrected chi connectivity index (χ2v) is 5.28. The van der Waals surface area contributed by atoms with E-state index in [2.05, 4.69) is 26.1 Å². The molecule has 0 aliphatic carbocycles. The number of aromatic nitrogens is 2. The van der Waals surface area contributed by atoms with Gasteiger partial charge in [0.15, 0.2) is 0 Å². The number of benzene rings is 2. The lowest BCUT2D eigenvalue weighted by molar-refractivity contribution is 0.385. The van der Waals surface area contributed by atoms with Gasteiger partial charge in [-0.2, -0.15) is 4.98 Å². The van der Waals surface area contributed by atoms with Crippen LogP contribution in [0.2, 0.25) is 0 Å². The molecule has 0 atom stereocenters. The summed E-state index contributed by atoms with van der Waals surface area (Å²) in [7, 11) is 0. The maximum absolute atomic E-state index is 9.25. The van der Waals surface area contributed by atoms with Gasteiger partial charge in [-0.3, -0.25) is 0 Å². The lowest BCUT2D eigenvalue weighted by Gasteiger charge is -1.96. The van der Waals surface area contributed by atoms with Gasteiger partial charge in [0.05, 0.1) is 6.42 Å². The summed E-state index contributed by atoms with van der Waals surface area (Å²) in [5.74, 6) is 1.36. The van der Waals surface area contributed by atoms with Crippen LogP contribution in [0.5, 0.6) is 5.75 Å². The highest BCUT2D eigenvalue weighted by atomic mass is 79.9. The second kappa shape index (κ2) is 5.46. The first-order valence-corrected chi connectivity index (χ1v) is 6.86. The topological polar surface area (TPSA) is 59.2 Å². The normalized spacial score (nSPS) is 10.7. The minimum atomic E-state index is 0.245. The molecule has 3 aromatic rings. The number of aromatic hydroxyl groups is 1. The summed E-state index contributed by atoms with van der Waals surface area (Å²) in [6, 6.07) is 14.7. The van der Waals surface area contributed by atoms with Gasteiger partial charge >= 0.3 is 0 Å². The molecule has 0 fully saturated rings. The van der Waals surface area contributed by atoms with E-state index in [4.69, 9.17) is 4.52 Å². The van der Waals surface area contributed by atoms with Crippen LogP contribution in [0.3, 0.4) is 0 Å². The Balaban J connectivity index is 1.82. The molecule has 4 nitrogen and oxygen atoms in total. The number of rotatable bonds is 3. The summed E-state index contributed by atoms with van der Waals surface area (Å²) in [6.07, 6.45) is 0.543. The molecule has 0 aliphatic rings. The minimum Gasteiger partial charge on any atom is -0.508 e. The highest BCUT2D eigenvalue weighted by molar-refractivity contribution is 9.10. The molecule has 0 unspecified atom stereocenters. The Bertz CT molecular complexity index is 723. The molecule has 5 heteroatoms. The van der Waals surface area contributed by atoms with Crippen molar-refractivity contribution in [2.75, 3.05) is 0 Å². The van der Waals surface area contributed by atoms with E-state index in [0.717, 1.165) is 15.6 Å². The lowest BCUT2D eigenvalue weighted by Crippen LogP contribution is -1.88. The van der Waals surface area contributed by atoms with E-state index < -0.39 is 0 Å². The third-order valence-electron chi connectivity index (χ3n) is 2.84. The second-order valence-electron chi connectivity index (χ2n) is 4.37. The van der Waals surface area contributed by atoms with Crippen molar-refractivity contribution in [3.63, 3.8) is 0 Å². The molecule has 20 heavy (non-hydrogen) atoms. The van der Waals surface area contributed by atoms with Crippen LogP contribution >= 0.6 is 15.9 Å². The maximum Gasteiger partial charge on any atom is 0.231 e. The Labute approximate surface area is 124 Å². The molecular formula is C15H11BrN2O2. The van der Waals surface area contributed by atoms with E-state index in [9.17, 15) is 5.11 Å². The first-order valence-electron chi connectivity index (χ1n) is 6.07. The zero-order valence-electron chi connectivity index (χ0n) is 10.5. The van der Waals surface area contributed by atoms with Crippen LogP contribution in [-0.2, 0) is 6.42 Å². The molecule has 1 N–H and O–H groups in total. The summed E-state index contributed by atoms with van der Waals surface area (Å²) in [5.41, 5.74) is 1.91. The highest BCUT2D eigenvalue weighted by Gasteiger charge is 2.09. The van der Waals surface area contributed by atoms with Gasteiger partial charge in [0.1, 0.15) is 5.75 Å². The van der Waals surface area contributed by atoms with Crippen molar-refractivity contribution in [3.05, 3.63) is 64.5 Å². The fourth-order valence-electron chi connectivity index (χ4n) is 1.86. The lowest BCUT2D eigenvalue weighted by atomic mass is 10.1. The Hall–Kier alpha value is -2.14. The zero-order chi connectivity index (χ0) is 13.9. The molecule has 2 aromatic carbocycles. The van der Waals surface area contributed by atoms with Crippen molar-refractivity contribution in [2.45, 2.75) is 6.42 Å². The molecule has 1 heterocycles. The Kier molecular flexibility index (Phi) is 3.52. The number of halogens is 1. The number of hydrogen-bond acceptors (Lipinski definition) is 4. The van der Waals surface area contributed by atoms with Crippen LogP contribution in [0.25, 0.3) is 11.4 Å². The quantitative estimate of drug-likeness (QED) is 0.793. The molecule has 0 radical (unpaired) electrons. The van der Waals surface area contributed by atoms with E-state index >= 15 is 0 Å². The van der Waals surface area contributed by atoms with Gasteiger partial charge in [-0.25, -0.2) is 0 Å². The molecule has 0 saturated carbocycles. The van der Waals surface area contributed by atoms with Crippen molar-refractivity contribution in [1.29, 1.82) is 0 Å². The predicted molar refractivity (Wildman–Crippen MR) is 78.3 cm³/mol. The van der Waals surface area contributed by atoms with Gasteiger partial charge in [-0.05, 0) is 29.8 Å². The summed E-state index contributed by atoms with van der Waals surface area (Å²) in [4.78, 5) is 4.38. The van der Waals surface area contributed by atoms with Gasteiger partial charge < -0.3 is 9.63 Å². The molecule has 100 valence electrons. The van der Waals surface area contributed by atoms with Crippen molar-refractivity contribution in [1.82, 2.24) is 10.1 Å². The van der Waals surface area contributed by atoms with Crippen molar-refractivity contribution >= 4 is 15.9 Å². The van der Waals surface area contributed by atoms with Crippen molar-refractivity contribution in [3.8, 4) is 17.1 Å². The standard InChI is InChI=1S/C15H11BrN2O2/c16-12-3-1-2-11(9-12)15-17-14(20-18-15)8-10-4-6-13(19)7-5-10/h1-7,9,19H,8H2. The van der Waals surface area contributed by atoms with Gasteiger partial charge in [-0.1, -0.05) is 45.4 Å². The van der Waals surface area contributed by atoms with Crippen LogP contribution in [0.4, 0.5) is 0 Å². The Morgan fingerprint density at radius 1 is 1.10 bits per heavy atom. The highest BCUT2D eigenvalue weighted by Crippen LogP contribution is 2.21. The smallest absolute Gasteiger partial charge is 0.231 e. The average molecular weight is 331 g/mol. The molecular weight excluding hydrogens is 320 g/mol. The van der Waals surface area contributed by atoms with E-state index in [1.807, 2.05) is 36.4 Å². The summed E-state index contributed by atoms with van der Waals surface area (Å²) >= 11 is 3.42. The fourth-order valence-corrected chi connectivity index (χ4v) is 2.26. The van der Waals surface area contributed by atoms with Crippen molar-refractivity contribution in [2.24, 2.45) is 0 Å². The SMILES string of the molecule is Oc1ccc(Cc2nc(-c3cccc(Br)c3)no2)cc1. The molecule has 0 aliphatic heterocycles. The first-order chi connectivity index (χ1) is 9.70. The Morgan fingerprint density at radius 2 is 1.90 bits per heavy atom. The summed E-state index contributed by atoms with van der Waals surface area (Å²) in [5, 5.41) is 13.2. The predicted octanol–water partition coefficient (Wildman–Crippen LogP) is 3.80. The van der Waals surface area contributed by atoms with E-state index in [0.29, 0.717) is 18.1 Å². The maximum atomic E-state index is 9.25. The van der Waals surface area contributed by atoms with E-state index in [1.165, 1.54) is 0 Å². The third kappa shape index (κ3) is 2.88. The molecule has 0 amide bonds. The molecule has 3 rings (SSSR count). The van der Waals surface area contributed by atoms with Crippen molar-refractivity contribution < 1.29 is 9.63 Å². The number of nitrogens with zero attached hydrogens (tertiary/aromatic N) is 2. The van der Waals surface area contributed by atoms with E-state index in [-0.39, 0.29) is 5.75 Å². The molecule has 0 spiro atoms. The minimum absolute atomic E-state index is 0.245. The number of hydrogen-bond donors (Lipinski definition) is 1. The Morgan fingerprint density at radius 3 is 2.65 bits per heavy atom. The van der Waals surface area contributed by atoms with Gasteiger partial charge in [0.25, 0.3) is 0 Å². The van der Waals surface area contributed by atoms with Crippen LogP contribution in [0, 0.1) is 0 Å². The van der Waals surface area contributed by atoms with E-state index in [1.54, 1.807) is 12.1 Å². The average Bonchev–Trinajstić information content (AvgIpc) is 2.90. The monoisotopic (exact) mass is 330 g/mol. The number of phenolic OH excluding ortho intramolecular Hbond substituents is 1. The van der Waals surface area contributed by atoms with Gasteiger partial charge in [-0.15, -0.1) is 0 Å². The van der Waals surface area contributed by atoms with Crippen LogP contribution < -0.4 is 0 Å². The summed E-state index contributed by atoms with van der Waals surface area (Å²) < 4.78 is 6.23. The van der Waals surface area contributed by atoms with Crippen LogP contribution in [-0.4, -0.2) is 15.2 Å². The molecule has 1 aromatic heterocycles. The van der Waals surface area contributed by atoms with Crippen LogP contribution in [0.1, 0.15) is 11.5 Å². The largest absolute Gasteiger partial charge is 0.508 e. The fraction of sp³-hybridized carbons (Fsp3) is 0.0667. The summed E-state index contributed by atoms with van der Waals surface area (Å²) in [6.45, 7) is 0.